The number of benzene rings is 1. The van der Waals surface area contributed by atoms with Gasteiger partial charge in [-0.25, -0.2) is 15.0 Å². The minimum atomic E-state index is 0.374. The molecule has 0 spiro atoms. The molecule has 1 aromatic heterocycles. The largest absolute Gasteiger partial charge is 0.249 e. The molecule has 0 N–H and O–H groups in total. The summed E-state index contributed by atoms with van der Waals surface area (Å²) in [5.41, 5.74) is 0.665. The number of nitrogens with zero attached hydrogens (tertiary/aromatic N) is 3. The predicted molar refractivity (Wildman–Crippen MR) is 65.7 cm³/mol. The highest BCUT2D eigenvalue weighted by molar-refractivity contribution is 6.38. The molecule has 1 heterocycles. The maximum atomic E-state index is 5.98. The number of hydrogen-bond donors (Lipinski definition) is 0. The molecule has 2 rings (SSSR count). The minimum Gasteiger partial charge on any atom is -0.220 e. The minimum absolute atomic E-state index is 0.374. The van der Waals surface area contributed by atoms with Crippen LogP contribution >= 0.6 is 23.2 Å². The van der Waals surface area contributed by atoms with Crippen LogP contribution in [0.2, 0.25) is 10.0 Å². The molecule has 0 amide bonds. The molecule has 80 valence electrons. The number of aromatic nitrogens is 2. The molecule has 0 bridgehead atoms. The van der Waals surface area contributed by atoms with Crippen molar-refractivity contribution in [2.75, 3.05) is 0 Å². The Balaban J connectivity index is 2.31. The molecule has 0 aliphatic heterocycles. The van der Waals surface area contributed by atoms with Gasteiger partial charge in [0.05, 0.1) is 10.0 Å². The van der Waals surface area contributed by atoms with E-state index in [0.29, 0.717) is 21.6 Å². The molecule has 0 saturated heterocycles. The van der Waals surface area contributed by atoms with Gasteiger partial charge in [0.15, 0.2) is 0 Å². The highest BCUT2D eigenvalue weighted by atomic mass is 35.5. The van der Waals surface area contributed by atoms with E-state index in [2.05, 4.69) is 15.0 Å². The highest BCUT2D eigenvalue weighted by Gasteiger charge is 2.01. The van der Waals surface area contributed by atoms with E-state index in [-0.39, 0.29) is 0 Å². The maximum Gasteiger partial charge on any atom is 0.249 e. The number of aliphatic imine (C=N–C) groups is 1. The Kier molecular flexibility index (Phi) is 3.49. The van der Waals surface area contributed by atoms with E-state index in [1.807, 2.05) is 0 Å². The van der Waals surface area contributed by atoms with Gasteiger partial charge >= 0.3 is 0 Å². The molecular weight excluding hydrogens is 245 g/mol. The average molecular weight is 252 g/mol. The fraction of sp³-hybridized carbons (Fsp3) is 0. The normalized spacial score (nSPS) is 10.9. The zero-order valence-electron chi connectivity index (χ0n) is 8.14. The third-order valence-corrected chi connectivity index (χ3v) is 2.52. The lowest BCUT2D eigenvalue weighted by molar-refractivity contribution is 1.14. The molecule has 0 radical (unpaired) electrons. The Labute approximate surface area is 103 Å². The Morgan fingerprint density at radius 3 is 2.25 bits per heavy atom. The molecule has 0 atom stereocenters. The van der Waals surface area contributed by atoms with E-state index < -0.39 is 0 Å². The second-order valence-corrected chi connectivity index (χ2v) is 3.76. The molecule has 0 saturated carbocycles. The fourth-order valence-corrected chi connectivity index (χ4v) is 1.61. The Morgan fingerprint density at radius 1 is 1.00 bits per heavy atom. The number of rotatable bonds is 2. The number of halogens is 2. The summed E-state index contributed by atoms with van der Waals surface area (Å²) in [7, 11) is 0. The first-order valence-corrected chi connectivity index (χ1v) is 5.28. The smallest absolute Gasteiger partial charge is 0.220 e. The lowest BCUT2D eigenvalue weighted by atomic mass is 10.2. The van der Waals surface area contributed by atoms with Crippen LogP contribution in [0.4, 0.5) is 5.95 Å². The van der Waals surface area contributed by atoms with Gasteiger partial charge in [0.1, 0.15) is 0 Å². The van der Waals surface area contributed by atoms with Gasteiger partial charge in [0.25, 0.3) is 0 Å². The average Bonchev–Trinajstić information content (AvgIpc) is 2.30. The second kappa shape index (κ2) is 5.05. The fourth-order valence-electron chi connectivity index (χ4n) is 1.11. The Bertz CT molecular complexity index is 492. The van der Waals surface area contributed by atoms with Gasteiger partial charge in [0, 0.05) is 24.2 Å². The molecule has 0 aliphatic rings. The van der Waals surface area contributed by atoms with Crippen LogP contribution in [0.3, 0.4) is 0 Å². The predicted octanol–water partition coefficient (Wildman–Crippen LogP) is 3.53. The molecule has 3 nitrogen and oxygen atoms in total. The van der Waals surface area contributed by atoms with Crippen molar-refractivity contribution in [1.29, 1.82) is 0 Å². The van der Waals surface area contributed by atoms with E-state index in [4.69, 9.17) is 23.2 Å². The summed E-state index contributed by atoms with van der Waals surface area (Å²) in [5.74, 6) is 0.374. The van der Waals surface area contributed by atoms with Crippen molar-refractivity contribution in [3.05, 3.63) is 52.3 Å². The molecule has 0 fully saturated rings. The zero-order valence-corrected chi connectivity index (χ0v) is 9.65. The maximum absolute atomic E-state index is 5.98. The molecule has 0 unspecified atom stereocenters. The summed E-state index contributed by atoms with van der Waals surface area (Å²) in [6, 6.07) is 7.00. The van der Waals surface area contributed by atoms with Crippen molar-refractivity contribution in [3.8, 4) is 0 Å². The molecule has 2 aromatic rings. The van der Waals surface area contributed by atoms with Crippen LogP contribution in [0.15, 0.2) is 41.7 Å². The van der Waals surface area contributed by atoms with Crippen molar-refractivity contribution < 1.29 is 0 Å². The standard InChI is InChI=1S/C11H7Cl2N3/c12-9-3-1-4-10(13)8(9)7-16-11-14-5-2-6-15-11/h1-7H. The molecule has 16 heavy (non-hydrogen) atoms. The second-order valence-electron chi connectivity index (χ2n) is 2.94. The van der Waals surface area contributed by atoms with E-state index in [9.17, 15) is 0 Å². The molecule has 0 aliphatic carbocycles. The van der Waals surface area contributed by atoms with Gasteiger partial charge in [-0.3, -0.25) is 0 Å². The van der Waals surface area contributed by atoms with E-state index >= 15 is 0 Å². The third-order valence-electron chi connectivity index (χ3n) is 1.86. The SMILES string of the molecule is Clc1cccc(Cl)c1C=Nc1ncccn1. The quantitative estimate of drug-likeness (QED) is 0.766. The Hall–Kier alpha value is -1.45. The third kappa shape index (κ3) is 2.56. The first-order valence-electron chi connectivity index (χ1n) is 4.52. The van der Waals surface area contributed by atoms with Crippen LogP contribution in [0, 0.1) is 0 Å². The lowest BCUT2D eigenvalue weighted by Crippen LogP contribution is -1.86. The summed E-state index contributed by atoms with van der Waals surface area (Å²) >= 11 is 12.0. The van der Waals surface area contributed by atoms with Crippen LogP contribution < -0.4 is 0 Å². The van der Waals surface area contributed by atoms with Gasteiger partial charge in [-0.05, 0) is 18.2 Å². The van der Waals surface area contributed by atoms with Gasteiger partial charge < -0.3 is 0 Å². The van der Waals surface area contributed by atoms with Gasteiger partial charge in [-0.1, -0.05) is 29.3 Å². The summed E-state index contributed by atoms with van der Waals surface area (Å²) in [6.07, 6.45) is 4.79. The summed E-state index contributed by atoms with van der Waals surface area (Å²) in [4.78, 5) is 12.0. The monoisotopic (exact) mass is 251 g/mol. The van der Waals surface area contributed by atoms with Crippen LogP contribution in [0.1, 0.15) is 5.56 Å². The zero-order chi connectivity index (χ0) is 11.4. The van der Waals surface area contributed by atoms with Crippen molar-refractivity contribution in [2.45, 2.75) is 0 Å². The summed E-state index contributed by atoms with van der Waals surface area (Å²) in [6.45, 7) is 0. The van der Waals surface area contributed by atoms with E-state index in [0.717, 1.165) is 0 Å². The van der Waals surface area contributed by atoms with Crippen molar-refractivity contribution >= 4 is 35.4 Å². The van der Waals surface area contributed by atoms with Gasteiger partial charge in [-0.15, -0.1) is 0 Å². The summed E-state index contributed by atoms with van der Waals surface area (Å²) in [5, 5.41) is 1.10. The number of hydrogen-bond acceptors (Lipinski definition) is 3. The van der Waals surface area contributed by atoms with Crippen LogP contribution in [0.25, 0.3) is 0 Å². The molecule has 1 aromatic carbocycles. The van der Waals surface area contributed by atoms with Crippen LogP contribution in [0.5, 0.6) is 0 Å². The molecule has 5 heteroatoms. The van der Waals surface area contributed by atoms with E-state index in [1.54, 1.807) is 42.9 Å². The van der Waals surface area contributed by atoms with Gasteiger partial charge in [-0.2, -0.15) is 0 Å². The first kappa shape index (κ1) is 11.0. The lowest BCUT2D eigenvalue weighted by Gasteiger charge is -1.99. The Morgan fingerprint density at radius 2 is 1.62 bits per heavy atom. The summed E-state index contributed by atoms with van der Waals surface area (Å²) < 4.78 is 0. The van der Waals surface area contributed by atoms with Crippen molar-refractivity contribution in [2.24, 2.45) is 4.99 Å². The molecular formula is C11H7Cl2N3. The van der Waals surface area contributed by atoms with Crippen LogP contribution in [-0.2, 0) is 0 Å². The van der Waals surface area contributed by atoms with Crippen molar-refractivity contribution in [3.63, 3.8) is 0 Å². The van der Waals surface area contributed by atoms with Gasteiger partial charge in [0.2, 0.25) is 5.95 Å². The van der Waals surface area contributed by atoms with E-state index in [1.165, 1.54) is 0 Å². The highest BCUT2D eigenvalue weighted by Crippen LogP contribution is 2.22. The van der Waals surface area contributed by atoms with Crippen molar-refractivity contribution in [1.82, 2.24) is 9.97 Å². The first-order chi connectivity index (χ1) is 7.77. The van der Waals surface area contributed by atoms with Crippen LogP contribution in [-0.4, -0.2) is 16.2 Å². The topological polar surface area (TPSA) is 38.1 Å².